The van der Waals surface area contributed by atoms with Crippen LogP contribution >= 0.6 is 0 Å². The standard InChI is InChI=1S/C10H13N3O4/c11-7-1-2-13(10(17)12-7)6-3-5(4-14)8(15)9(6)16/h1-3,6,8-9,14-16H,4H2,(H2,11,12,17)/t6-,8+,9+/m1/s1. The average molecular weight is 239 g/mol. The summed E-state index contributed by atoms with van der Waals surface area (Å²) in [6, 6.07) is 0.679. The van der Waals surface area contributed by atoms with Gasteiger partial charge in [0, 0.05) is 6.20 Å². The molecule has 2 rings (SSSR count). The van der Waals surface area contributed by atoms with Crippen molar-refractivity contribution in [3.63, 3.8) is 0 Å². The van der Waals surface area contributed by atoms with E-state index >= 15 is 0 Å². The summed E-state index contributed by atoms with van der Waals surface area (Å²) >= 11 is 0. The minimum absolute atomic E-state index is 0.0886. The number of nitrogen functional groups attached to an aromatic ring is 1. The zero-order valence-corrected chi connectivity index (χ0v) is 8.89. The zero-order valence-electron chi connectivity index (χ0n) is 8.89. The van der Waals surface area contributed by atoms with Gasteiger partial charge in [0.1, 0.15) is 18.0 Å². The van der Waals surface area contributed by atoms with Crippen LogP contribution in [0.2, 0.25) is 0 Å². The molecule has 1 aromatic rings. The molecule has 17 heavy (non-hydrogen) atoms. The Bertz CT molecular complexity index is 511. The van der Waals surface area contributed by atoms with Gasteiger partial charge in [0.2, 0.25) is 0 Å². The molecule has 0 bridgehead atoms. The molecule has 1 aliphatic carbocycles. The van der Waals surface area contributed by atoms with Crippen molar-refractivity contribution in [2.45, 2.75) is 18.2 Å². The highest BCUT2D eigenvalue weighted by Gasteiger charge is 2.35. The molecule has 0 aliphatic heterocycles. The van der Waals surface area contributed by atoms with E-state index in [0.717, 1.165) is 4.57 Å². The lowest BCUT2D eigenvalue weighted by atomic mass is 10.1. The second kappa shape index (κ2) is 4.28. The SMILES string of the molecule is Nc1ccn([C@@H]2C=C(CO)[C@H](O)[C@H]2O)c(=O)n1. The van der Waals surface area contributed by atoms with E-state index in [4.69, 9.17) is 10.8 Å². The van der Waals surface area contributed by atoms with E-state index in [2.05, 4.69) is 4.98 Å². The molecule has 0 spiro atoms. The van der Waals surface area contributed by atoms with Crippen LogP contribution in [0.3, 0.4) is 0 Å². The third kappa shape index (κ3) is 1.95. The van der Waals surface area contributed by atoms with Crippen molar-refractivity contribution in [2.75, 3.05) is 12.3 Å². The number of nitrogens with two attached hydrogens (primary N) is 1. The van der Waals surface area contributed by atoms with Crippen LogP contribution in [0.25, 0.3) is 0 Å². The van der Waals surface area contributed by atoms with Crippen molar-refractivity contribution in [3.05, 3.63) is 34.4 Å². The summed E-state index contributed by atoms with van der Waals surface area (Å²) in [5, 5.41) is 28.3. The summed E-state index contributed by atoms with van der Waals surface area (Å²) in [6.07, 6.45) is 0.492. The number of aromatic nitrogens is 2. The highest BCUT2D eigenvalue weighted by Crippen LogP contribution is 2.27. The van der Waals surface area contributed by atoms with E-state index in [1.165, 1.54) is 18.3 Å². The predicted octanol–water partition coefficient (Wildman–Crippen LogP) is -1.98. The minimum atomic E-state index is -1.18. The summed E-state index contributed by atoms with van der Waals surface area (Å²) in [5.41, 5.74) is 5.02. The summed E-state index contributed by atoms with van der Waals surface area (Å²) in [6.45, 7) is -0.369. The van der Waals surface area contributed by atoms with E-state index in [-0.39, 0.29) is 18.0 Å². The fraction of sp³-hybridized carbons (Fsp3) is 0.400. The summed E-state index contributed by atoms with van der Waals surface area (Å²) < 4.78 is 1.16. The van der Waals surface area contributed by atoms with Gasteiger partial charge >= 0.3 is 5.69 Å². The Labute approximate surface area is 96.5 Å². The lowest BCUT2D eigenvalue weighted by Gasteiger charge is -2.18. The molecule has 0 saturated carbocycles. The van der Waals surface area contributed by atoms with Gasteiger partial charge in [-0.05, 0) is 11.6 Å². The molecule has 1 aliphatic rings. The van der Waals surface area contributed by atoms with E-state index in [1.807, 2.05) is 0 Å². The Balaban J connectivity index is 2.41. The van der Waals surface area contributed by atoms with Gasteiger partial charge in [0.05, 0.1) is 12.6 Å². The summed E-state index contributed by atoms with van der Waals surface area (Å²) in [7, 11) is 0. The van der Waals surface area contributed by atoms with Crippen molar-refractivity contribution >= 4 is 5.82 Å². The molecule has 0 unspecified atom stereocenters. The van der Waals surface area contributed by atoms with Gasteiger partial charge in [-0.3, -0.25) is 4.57 Å². The summed E-state index contributed by atoms with van der Waals surface area (Å²) in [4.78, 5) is 15.1. The number of nitrogens with zero attached hydrogens (tertiary/aromatic N) is 2. The second-order valence-corrected chi connectivity index (χ2v) is 3.87. The van der Waals surface area contributed by atoms with Crippen LogP contribution in [0.4, 0.5) is 5.82 Å². The average Bonchev–Trinajstić information content (AvgIpc) is 2.57. The first-order chi connectivity index (χ1) is 8.04. The van der Waals surface area contributed by atoms with Crippen LogP contribution in [0.5, 0.6) is 0 Å². The first-order valence-corrected chi connectivity index (χ1v) is 5.07. The molecule has 1 heterocycles. The number of hydrogen-bond donors (Lipinski definition) is 4. The van der Waals surface area contributed by atoms with Crippen LogP contribution in [-0.2, 0) is 0 Å². The monoisotopic (exact) mass is 239 g/mol. The van der Waals surface area contributed by atoms with Gasteiger partial charge in [-0.1, -0.05) is 6.08 Å². The van der Waals surface area contributed by atoms with Gasteiger partial charge in [0.25, 0.3) is 0 Å². The number of rotatable bonds is 2. The fourth-order valence-corrected chi connectivity index (χ4v) is 1.87. The number of aliphatic hydroxyl groups excluding tert-OH is 3. The molecule has 92 valence electrons. The molecule has 1 aromatic heterocycles. The smallest absolute Gasteiger partial charge is 0.350 e. The molecular formula is C10H13N3O4. The first-order valence-electron chi connectivity index (χ1n) is 5.07. The molecule has 5 N–H and O–H groups in total. The molecule has 0 radical (unpaired) electrons. The van der Waals surface area contributed by atoms with Crippen molar-refractivity contribution in [1.82, 2.24) is 9.55 Å². The lowest BCUT2D eigenvalue weighted by molar-refractivity contribution is 0.0272. The third-order valence-electron chi connectivity index (χ3n) is 2.79. The Kier molecular flexibility index (Phi) is 2.97. The Morgan fingerprint density at radius 2 is 2.18 bits per heavy atom. The Morgan fingerprint density at radius 1 is 1.47 bits per heavy atom. The Morgan fingerprint density at radius 3 is 2.71 bits per heavy atom. The topological polar surface area (TPSA) is 122 Å². The lowest BCUT2D eigenvalue weighted by Crippen LogP contribution is -2.35. The molecule has 0 fully saturated rings. The second-order valence-electron chi connectivity index (χ2n) is 3.87. The molecule has 0 amide bonds. The van der Waals surface area contributed by atoms with E-state index in [0.29, 0.717) is 0 Å². The highest BCUT2D eigenvalue weighted by molar-refractivity contribution is 5.27. The largest absolute Gasteiger partial charge is 0.392 e. The molecular weight excluding hydrogens is 226 g/mol. The number of anilines is 1. The normalized spacial score (nSPS) is 28.2. The number of aliphatic hydroxyl groups is 3. The minimum Gasteiger partial charge on any atom is -0.392 e. The van der Waals surface area contributed by atoms with Crippen LogP contribution in [0.15, 0.2) is 28.7 Å². The van der Waals surface area contributed by atoms with Gasteiger partial charge in [-0.2, -0.15) is 4.98 Å². The van der Waals surface area contributed by atoms with E-state index < -0.39 is 23.9 Å². The molecule has 3 atom stereocenters. The zero-order chi connectivity index (χ0) is 12.6. The van der Waals surface area contributed by atoms with Gasteiger partial charge in [0.15, 0.2) is 0 Å². The van der Waals surface area contributed by atoms with Crippen LogP contribution in [-0.4, -0.2) is 43.7 Å². The van der Waals surface area contributed by atoms with E-state index in [1.54, 1.807) is 0 Å². The maximum Gasteiger partial charge on any atom is 0.350 e. The Hall–Kier alpha value is -1.70. The molecule has 0 aromatic carbocycles. The van der Waals surface area contributed by atoms with Crippen molar-refractivity contribution in [1.29, 1.82) is 0 Å². The van der Waals surface area contributed by atoms with Crippen LogP contribution < -0.4 is 11.4 Å². The predicted molar refractivity (Wildman–Crippen MR) is 59.1 cm³/mol. The number of hydrogen-bond acceptors (Lipinski definition) is 6. The van der Waals surface area contributed by atoms with Crippen molar-refractivity contribution < 1.29 is 15.3 Å². The van der Waals surface area contributed by atoms with Gasteiger partial charge in [-0.25, -0.2) is 4.79 Å². The maximum atomic E-state index is 11.6. The highest BCUT2D eigenvalue weighted by atomic mass is 16.3. The first kappa shape index (κ1) is 11.8. The van der Waals surface area contributed by atoms with E-state index in [9.17, 15) is 15.0 Å². The maximum absolute atomic E-state index is 11.6. The third-order valence-corrected chi connectivity index (χ3v) is 2.79. The van der Waals surface area contributed by atoms with Crippen LogP contribution in [0.1, 0.15) is 6.04 Å². The van der Waals surface area contributed by atoms with Gasteiger partial charge < -0.3 is 21.1 Å². The van der Waals surface area contributed by atoms with Crippen molar-refractivity contribution in [3.8, 4) is 0 Å². The quantitative estimate of drug-likeness (QED) is 0.444. The van der Waals surface area contributed by atoms with Crippen LogP contribution in [0, 0.1) is 0 Å². The fourth-order valence-electron chi connectivity index (χ4n) is 1.87. The molecule has 7 nitrogen and oxygen atoms in total. The van der Waals surface area contributed by atoms with Crippen molar-refractivity contribution in [2.24, 2.45) is 0 Å². The molecule has 7 heteroatoms. The van der Waals surface area contributed by atoms with Gasteiger partial charge in [-0.15, -0.1) is 0 Å². The summed E-state index contributed by atoms with van der Waals surface area (Å²) in [5.74, 6) is 0.0886. The molecule has 0 saturated heterocycles.